The van der Waals surface area contributed by atoms with E-state index in [2.05, 4.69) is 9.88 Å². The molecule has 1 aromatic heterocycles. The van der Waals surface area contributed by atoms with E-state index in [9.17, 15) is 4.21 Å². The van der Waals surface area contributed by atoms with E-state index >= 15 is 0 Å². The highest BCUT2D eigenvalue weighted by Crippen LogP contribution is 2.24. The Morgan fingerprint density at radius 2 is 2.23 bits per heavy atom. The van der Waals surface area contributed by atoms with Crippen LogP contribution in [-0.4, -0.2) is 38.9 Å². The summed E-state index contributed by atoms with van der Waals surface area (Å²) in [5, 5.41) is 11.5. The molecule has 1 N–H and O–H groups in total. The largest absolute Gasteiger partial charge is 0.493 e. The maximum atomic E-state index is 11.1. The molecular formula is C7H10N2O2S2. The number of hydrogen-bond acceptors (Lipinski definition) is 5. The molecule has 1 saturated heterocycles. The van der Waals surface area contributed by atoms with E-state index < -0.39 is 10.8 Å². The average Bonchev–Trinajstić information content (AvgIpc) is 2.53. The number of aromatic nitrogens is 1. The molecule has 0 aromatic carbocycles. The Morgan fingerprint density at radius 1 is 1.54 bits per heavy atom. The third-order valence-corrected chi connectivity index (χ3v) is 4.09. The SMILES string of the molecule is O=S1CCN(c2nc(O)cs2)CC1. The van der Waals surface area contributed by atoms with Crippen molar-refractivity contribution in [2.75, 3.05) is 29.5 Å². The van der Waals surface area contributed by atoms with Crippen LogP contribution in [0.25, 0.3) is 0 Å². The quantitative estimate of drug-likeness (QED) is 0.742. The molecule has 72 valence electrons. The fourth-order valence-corrected chi connectivity index (χ4v) is 3.02. The van der Waals surface area contributed by atoms with Gasteiger partial charge in [0.2, 0.25) is 5.88 Å². The molecule has 0 bridgehead atoms. The predicted octanol–water partition coefficient (Wildman–Crippen LogP) is 0.417. The third-order valence-electron chi connectivity index (χ3n) is 1.93. The Bertz CT molecular complexity index is 316. The Labute approximate surface area is 82.7 Å². The second-order valence-corrected chi connectivity index (χ2v) is 5.36. The van der Waals surface area contributed by atoms with Crippen molar-refractivity contribution in [1.82, 2.24) is 4.98 Å². The van der Waals surface area contributed by atoms with E-state index in [0.29, 0.717) is 11.5 Å². The molecule has 1 aliphatic rings. The normalized spacial score (nSPS) is 19.2. The Morgan fingerprint density at radius 3 is 2.77 bits per heavy atom. The second-order valence-electron chi connectivity index (χ2n) is 2.82. The van der Waals surface area contributed by atoms with Crippen molar-refractivity contribution in [3.63, 3.8) is 0 Å². The lowest BCUT2D eigenvalue weighted by molar-refractivity contribution is 0.457. The van der Waals surface area contributed by atoms with Crippen molar-refractivity contribution >= 4 is 27.3 Å². The molecule has 1 fully saturated rings. The number of nitrogens with zero attached hydrogens (tertiary/aromatic N) is 2. The molecular weight excluding hydrogens is 208 g/mol. The first kappa shape index (κ1) is 8.96. The lowest BCUT2D eigenvalue weighted by atomic mass is 10.5. The summed E-state index contributed by atoms with van der Waals surface area (Å²) in [7, 11) is -0.655. The highest BCUT2D eigenvalue weighted by atomic mass is 32.2. The molecule has 0 aliphatic carbocycles. The van der Waals surface area contributed by atoms with Crippen molar-refractivity contribution < 1.29 is 9.32 Å². The lowest BCUT2D eigenvalue weighted by Crippen LogP contribution is -2.37. The minimum absolute atomic E-state index is 0.0756. The fourth-order valence-electron chi connectivity index (χ4n) is 1.23. The Balaban J connectivity index is 2.06. The predicted molar refractivity (Wildman–Crippen MR) is 53.9 cm³/mol. The Hall–Kier alpha value is -0.620. The van der Waals surface area contributed by atoms with Gasteiger partial charge in [0.15, 0.2) is 5.13 Å². The highest BCUT2D eigenvalue weighted by Gasteiger charge is 2.17. The maximum absolute atomic E-state index is 11.1. The van der Waals surface area contributed by atoms with Gasteiger partial charge in [-0.05, 0) is 0 Å². The average molecular weight is 218 g/mol. The summed E-state index contributed by atoms with van der Waals surface area (Å²) in [4.78, 5) is 6.02. The van der Waals surface area contributed by atoms with E-state index in [1.807, 2.05) is 0 Å². The zero-order chi connectivity index (χ0) is 9.26. The molecule has 0 atom stereocenters. The molecule has 6 heteroatoms. The lowest BCUT2D eigenvalue weighted by Gasteiger charge is -2.25. The summed E-state index contributed by atoms with van der Waals surface area (Å²) in [6.07, 6.45) is 0. The van der Waals surface area contributed by atoms with Crippen molar-refractivity contribution in [2.24, 2.45) is 0 Å². The molecule has 2 heterocycles. The number of anilines is 1. The van der Waals surface area contributed by atoms with Gasteiger partial charge in [-0.3, -0.25) is 4.21 Å². The number of rotatable bonds is 1. The van der Waals surface area contributed by atoms with Crippen LogP contribution >= 0.6 is 11.3 Å². The summed E-state index contributed by atoms with van der Waals surface area (Å²) in [6, 6.07) is 0. The van der Waals surface area contributed by atoms with E-state index in [4.69, 9.17) is 5.11 Å². The smallest absolute Gasteiger partial charge is 0.223 e. The van der Waals surface area contributed by atoms with Crippen molar-refractivity contribution in [3.8, 4) is 5.88 Å². The van der Waals surface area contributed by atoms with Crippen LogP contribution in [0, 0.1) is 0 Å². The molecule has 0 radical (unpaired) electrons. The van der Waals surface area contributed by atoms with Gasteiger partial charge in [0.25, 0.3) is 0 Å². The van der Waals surface area contributed by atoms with Crippen LogP contribution in [0.2, 0.25) is 0 Å². The van der Waals surface area contributed by atoms with E-state index in [1.165, 1.54) is 11.3 Å². The topological polar surface area (TPSA) is 53.4 Å². The molecule has 0 spiro atoms. The van der Waals surface area contributed by atoms with Gasteiger partial charge >= 0.3 is 0 Å². The van der Waals surface area contributed by atoms with Crippen LogP contribution in [0.3, 0.4) is 0 Å². The minimum atomic E-state index is -0.655. The summed E-state index contributed by atoms with van der Waals surface area (Å²) in [6.45, 7) is 1.55. The molecule has 4 nitrogen and oxygen atoms in total. The zero-order valence-corrected chi connectivity index (χ0v) is 8.61. The molecule has 13 heavy (non-hydrogen) atoms. The van der Waals surface area contributed by atoms with Gasteiger partial charge in [-0.2, -0.15) is 4.98 Å². The summed E-state index contributed by atoms with van der Waals surface area (Å²) in [5.74, 6) is 1.49. The van der Waals surface area contributed by atoms with Crippen LogP contribution in [0.4, 0.5) is 5.13 Å². The van der Waals surface area contributed by atoms with Crippen LogP contribution in [-0.2, 0) is 10.8 Å². The van der Waals surface area contributed by atoms with Gasteiger partial charge in [0, 0.05) is 35.4 Å². The van der Waals surface area contributed by atoms with Crippen LogP contribution in [0.5, 0.6) is 5.88 Å². The monoisotopic (exact) mass is 218 g/mol. The molecule has 2 rings (SSSR count). The first-order valence-corrected chi connectivity index (χ1v) is 6.37. The molecule has 0 unspecified atom stereocenters. The van der Waals surface area contributed by atoms with Gasteiger partial charge < -0.3 is 10.0 Å². The number of thiazole rings is 1. The molecule has 1 aliphatic heterocycles. The summed E-state index contributed by atoms with van der Waals surface area (Å²) >= 11 is 1.42. The van der Waals surface area contributed by atoms with E-state index in [0.717, 1.165) is 18.2 Å². The maximum Gasteiger partial charge on any atom is 0.223 e. The van der Waals surface area contributed by atoms with Crippen LogP contribution < -0.4 is 4.90 Å². The van der Waals surface area contributed by atoms with Crippen molar-refractivity contribution in [3.05, 3.63) is 5.38 Å². The summed E-state index contributed by atoms with van der Waals surface area (Å²) in [5.41, 5.74) is 0. The first-order chi connectivity index (χ1) is 6.25. The van der Waals surface area contributed by atoms with Crippen molar-refractivity contribution in [1.29, 1.82) is 0 Å². The van der Waals surface area contributed by atoms with Gasteiger partial charge in [-0.15, -0.1) is 11.3 Å². The molecule has 0 saturated carbocycles. The van der Waals surface area contributed by atoms with Gasteiger partial charge in [-0.25, -0.2) is 0 Å². The van der Waals surface area contributed by atoms with Gasteiger partial charge in [0.1, 0.15) is 0 Å². The highest BCUT2D eigenvalue weighted by molar-refractivity contribution is 7.85. The zero-order valence-electron chi connectivity index (χ0n) is 6.97. The van der Waals surface area contributed by atoms with Crippen LogP contribution in [0.15, 0.2) is 5.38 Å². The number of aromatic hydroxyl groups is 1. The van der Waals surface area contributed by atoms with Crippen molar-refractivity contribution in [2.45, 2.75) is 0 Å². The van der Waals surface area contributed by atoms with Crippen LogP contribution in [0.1, 0.15) is 0 Å². The van der Waals surface area contributed by atoms with Gasteiger partial charge in [-0.1, -0.05) is 0 Å². The first-order valence-electron chi connectivity index (χ1n) is 4.00. The number of hydrogen-bond donors (Lipinski definition) is 1. The molecule has 0 amide bonds. The fraction of sp³-hybridized carbons (Fsp3) is 0.571. The molecule has 1 aromatic rings. The standard InChI is InChI=1S/C7H10N2O2S2/c10-6-5-12-7(8-6)9-1-3-13(11)4-2-9/h5,10H,1-4H2. The van der Waals surface area contributed by atoms with E-state index in [1.54, 1.807) is 5.38 Å². The third kappa shape index (κ3) is 2.00. The van der Waals surface area contributed by atoms with Gasteiger partial charge in [0.05, 0.1) is 5.38 Å². The summed E-state index contributed by atoms with van der Waals surface area (Å²) < 4.78 is 11.1. The Kier molecular flexibility index (Phi) is 2.50. The second kappa shape index (κ2) is 3.63. The minimum Gasteiger partial charge on any atom is -0.493 e. The van der Waals surface area contributed by atoms with E-state index in [-0.39, 0.29) is 5.88 Å².